The molecule has 3 atom stereocenters. The molecule has 3 heteroatoms. The normalized spacial score (nSPS) is 37.2. The largest absolute Gasteiger partial charge is 0.391 e. The first-order valence-corrected chi connectivity index (χ1v) is 7.84. The van der Waals surface area contributed by atoms with Crippen LogP contribution in [0.3, 0.4) is 0 Å². The number of hydrogen-bond donors (Lipinski definition) is 1. The summed E-state index contributed by atoms with van der Waals surface area (Å²) < 4.78 is 0. The number of aliphatic hydroxyl groups excluding tert-OH is 1. The Morgan fingerprint density at radius 2 is 1.78 bits per heavy atom. The average Bonchev–Trinajstić information content (AvgIpc) is 2.36. The first-order valence-electron chi connectivity index (χ1n) is 7.84. The van der Waals surface area contributed by atoms with E-state index in [0.717, 1.165) is 26.1 Å². The minimum atomic E-state index is -0.0915. The van der Waals surface area contributed by atoms with Gasteiger partial charge in [-0.1, -0.05) is 32.6 Å². The lowest BCUT2D eigenvalue weighted by molar-refractivity contribution is -0.00864. The fraction of sp³-hybridized carbons (Fsp3) is 1.00. The van der Waals surface area contributed by atoms with Gasteiger partial charge in [0.25, 0.3) is 0 Å². The van der Waals surface area contributed by atoms with Gasteiger partial charge in [0.05, 0.1) is 6.10 Å². The molecule has 1 saturated carbocycles. The lowest BCUT2D eigenvalue weighted by Crippen LogP contribution is -2.57. The third-order valence-corrected chi connectivity index (χ3v) is 4.94. The van der Waals surface area contributed by atoms with Gasteiger partial charge in [-0.2, -0.15) is 0 Å². The lowest BCUT2D eigenvalue weighted by atomic mass is 9.92. The van der Waals surface area contributed by atoms with Gasteiger partial charge in [0.2, 0.25) is 0 Å². The Balaban J connectivity index is 1.95. The summed E-state index contributed by atoms with van der Waals surface area (Å²) in [6.07, 6.45) is 8.50. The Labute approximate surface area is 112 Å². The Hall–Kier alpha value is -0.120. The summed E-state index contributed by atoms with van der Waals surface area (Å²) in [6.45, 7) is 5.71. The summed E-state index contributed by atoms with van der Waals surface area (Å²) in [5.74, 6) is 0. The van der Waals surface area contributed by atoms with Crippen LogP contribution in [0.25, 0.3) is 0 Å². The van der Waals surface area contributed by atoms with Crippen molar-refractivity contribution < 1.29 is 5.11 Å². The van der Waals surface area contributed by atoms with Gasteiger partial charge >= 0.3 is 0 Å². The van der Waals surface area contributed by atoms with Crippen molar-refractivity contribution in [1.29, 1.82) is 0 Å². The van der Waals surface area contributed by atoms with E-state index in [1.54, 1.807) is 0 Å². The minimum Gasteiger partial charge on any atom is -0.391 e. The SMILES string of the molecule is CCC1CN(C2CCCCCCC2O)CCN1C. The molecule has 2 aliphatic rings. The molecule has 2 rings (SSSR count). The van der Waals surface area contributed by atoms with Crippen LogP contribution in [-0.4, -0.2) is 59.8 Å². The van der Waals surface area contributed by atoms with Gasteiger partial charge in [-0.3, -0.25) is 4.90 Å². The second-order valence-electron chi connectivity index (χ2n) is 6.16. The van der Waals surface area contributed by atoms with E-state index in [9.17, 15) is 5.11 Å². The van der Waals surface area contributed by atoms with E-state index >= 15 is 0 Å². The highest BCUT2D eigenvalue weighted by Gasteiger charge is 2.31. The second kappa shape index (κ2) is 6.88. The van der Waals surface area contributed by atoms with E-state index < -0.39 is 0 Å². The smallest absolute Gasteiger partial charge is 0.0695 e. The Morgan fingerprint density at radius 3 is 2.50 bits per heavy atom. The maximum absolute atomic E-state index is 10.4. The molecule has 3 nitrogen and oxygen atoms in total. The van der Waals surface area contributed by atoms with Crippen molar-refractivity contribution in [2.45, 2.75) is 70.1 Å². The highest BCUT2D eigenvalue weighted by Crippen LogP contribution is 2.24. The van der Waals surface area contributed by atoms with Crippen molar-refractivity contribution in [3.63, 3.8) is 0 Å². The molecule has 18 heavy (non-hydrogen) atoms. The number of hydrogen-bond acceptors (Lipinski definition) is 3. The van der Waals surface area contributed by atoms with Gasteiger partial charge in [-0.15, -0.1) is 0 Å². The zero-order valence-corrected chi connectivity index (χ0v) is 12.1. The van der Waals surface area contributed by atoms with E-state index in [4.69, 9.17) is 0 Å². The zero-order chi connectivity index (χ0) is 13.0. The molecule has 1 N–H and O–H groups in total. The molecule has 1 aliphatic carbocycles. The maximum atomic E-state index is 10.4. The molecule has 1 aliphatic heterocycles. The second-order valence-corrected chi connectivity index (χ2v) is 6.16. The molecule has 1 heterocycles. The molecule has 1 saturated heterocycles. The van der Waals surface area contributed by atoms with E-state index in [2.05, 4.69) is 23.8 Å². The van der Waals surface area contributed by atoms with Crippen molar-refractivity contribution in [2.24, 2.45) is 0 Å². The van der Waals surface area contributed by atoms with Crippen LogP contribution in [0, 0.1) is 0 Å². The number of aliphatic hydroxyl groups is 1. The number of rotatable bonds is 2. The zero-order valence-electron chi connectivity index (χ0n) is 12.1. The lowest BCUT2D eigenvalue weighted by Gasteiger charge is -2.44. The molecule has 2 fully saturated rings. The molecule has 3 unspecified atom stereocenters. The molecule has 0 amide bonds. The van der Waals surface area contributed by atoms with E-state index in [-0.39, 0.29) is 6.10 Å². The summed E-state index contributed by atoms with van der Waals surface area (Å²) in [5, 5.41) is 10.4. The van der Waals surface area contributed by atoms with Crippen LogP contribution in [0.5, 0.6) is 0 Å². The summed E-state index contributed by atoms with van der Waals surface area (Å²) in [6, 6.07) is 1.10. The third kappa shape index (κ3) is 3.46. The van der Waals surface area contributed by atoms with Crippen LogP contribution in [0.4, 0.5) is 0 Å². The highest BCUT2D eigenvalue weighted by atomic mass is 16.3. The maximum Gasteiger partial charge on any atom is 0.0695 e. The number of nitrogens with zero attached hydrogens (tertiary/aromatic N) is 2. The summed E-state index contributed by atoms with van der Waals surface area (Å²) in [5.41, 5.74) is 0. The van der Waals surface area contributed by atoms with Gasteiger partial charge in [0, 0.05) is 31.7 Å². The van der Waals surface area contributed by atoms with Crippen molar-refractivity contribution in [1.82, 2.24) is 9.80 Å². The summed E-state index contributed by atoms with van der Waals surface area (Å²) in [7, 11) is 2.24. The van der Waals surface area contributed by atoms with Gasteiger partial charge in [-0.25, -0.2) is 0 Å². The summed E-state index contributed by atoms with van der Waals surface area (Å²) in [4.78, 5) is 5.05. The van der Waals surface area contributed by atoms with Crippen LogP contribution >= 0.6 is 0 Å². The van der Waals surface area contributed by atoms with Crippen molar-refractivity contribution in [3.05, 3.63) is 0 Å². The molecular weight excluding hydrogens is 224 g/mol. The molecular formula is C15H30N2O. The van der Waals surface area contributed by atoms with Crippen molar-refractivity contribution >= 4 is 0 Å². The Kier molecular flexibility index (Phi) is 5.46. The highest BCUT2D eigenvalue weighted by molar-refractivity contribution is 4.87. The molecule has 0 aromatic rings. The van der Waals surface area contributed by atoms with E-state index in [1.165, 1.54) is 38.5 Å². The quantitative estimate of drug-likeness (QED) is 0.817. The number of piperazine rings is 1. The predicted octanol–water partition coefficient (Wildman–Crippen LogP) is 2.10. The van der Waals surface area contributed by atoms with Gasteiger partial charge in [-0.05, 0) is 26.3 Å². The first kappa shape index (κ1) is 14.3. The van der Waals surface area contributed by atoms with Crippen molar-refractivity contribution in [3.8, 4) is 0 Å². The molecule has 0 bridgehead atoms. The molecule has 106 valence electrons. The minimum absolute atomic E-state index is 0.0915. The topological polar surface area (TPSA) is 26.7 Å². The van der Waals surface area contributed by atoms with Gasteiger partial charge in [0.15, 0.2) is 0 Å². The van der Waals surface area contributed by atoms with Gasteiger partial charge in [0.1, 0.15) is 0 Å². The predicted molar refractivity (Wildman–Crippen MR) is 75.8 cm³/mol. The average molecular weight is 254 g/mol. The Morgan fingerprint density at radius 1 is 1.06 bits per heavy atom. The number of likely N-dealkylation sites (N-methyl/N-ethyl adjacent to an activating group) is 1. The standard InChI is InChI=1S/C15H30N2O/c1-3-13-12-17(11-10-16(13)2)14-8-6-4-5-7-9-15(14)18/h13-15,18H,3-12H2,1-2H3. The van der Waals surface area contributed by atoms with E-state index in [0.29, 0.717) is 12.1 Å². The fourth-order valence-electron chi connectivity index (χ4n) is 3.58. The van der Waals surface area contributed by atoms with Gasteiger partial charge < -0.3 is 10.0 Å². The van der Waals surface area contributed by atoms with Crippen LogP contribution in [0.1, 0.15) is 51.9 Å². The third-order valence-electron chi connectivity index (χ3n) is 4.94. The monoisotopic (exact) mass is 254 g/mol. The molecule has 0 radical (unpaired) electrons. The molecule has 0 spiro atoms. The van der Waals surface area contributed by atoms with Crippen LogP contribution in [0.2, 0.25) is 0 Å². The summed E-state index contributed by atoms with van der Waals surface area (Å²) >= 11 is 0. The first-order chi connectivity index (χ1) is 8.72. The molecule has 0 aromatic carbocycles. The fourth-order valence-corrected chi connectivity index (χ4v) is 3.58. The van der Waals surface area contributed by atoms with Crippen LogP contribution in [-0.2, 0) is 0 Å². The van der Waals surface area contributed by atoms with Crippen LogP contribution in [0.15, 0.2) is 0 Å². The Bertz CT molecular complexity index is 247. The van der Waals surface area contributed by atoms with Crippen molar-refractivity contribution in [2.75, 3.05) is 26.7 Å². The van der Waals surface area contributed by atoms with Crippen LogP contribution < -0.4 is 0 Å². The van der Waals surface area contributed by atoms with E-state index in [1.807, 2.05) is 0 Å². The molecule has 0 aromatic heterocycles.